The molecule has 178 valence electrons. The third-order valence-electron chi connectivity index (χ3n) is 6.65. The summed E-state index contributed by atoms with van der Waals surface area (Å²) in [6.07, 6.45) is 2.55. The van der Waals surface area contributed by atoms with E-state index in [-0.39, 0.29) is 21.8 Å². The van der Waals surface area contributed by atoms with E-state index in [1.165, 1.54) is 29.4 Å². The normalized spacial score (nSPS) is 21.1. The monoisotopic (exact) mass is 499 g/mol. The Hall–Kier alpha value is -2.83. The minimum absolute atomic E-state index is 0.0352. The SMILES string of the molecule is CCN1c2cc(C)c(/C=C3\C(=O)NC(=O)N(c4ccc(Cl)c(Cl)c4)C3=O)cc2C(C)CC1(C)C. The van der Waals surface area contributed by atoms with Crippen molar-refractivity contribution in [2.75, 3.05) is 16.3 Å². The van der Waals surface area contributed by atoms with Crippen LogP contribution in [0, 0.1) is 6.92 Å². The van der Waals surface area contributed by atoms with Crippen LogP contribution in [0.4, 0.5) is 16.2 Å². The van der Waals surface area contributed by atoms with Gasteiger partial charge in [0.1, 0.15) is 5.57 Å². The zero-order chi connectivity index (χ0) is 24.9. The number of barbiturate groups is 1. The predicted octanol–water partition coefficient (Wildman–Crippen LogP) is 6.08. The molecule has 6 nitrogen and oxygen atoms in total. The van der Waals surface area contributed by atoms with Gasteiger partial charge in [-0.25, -0.2) is 9.69 Å². The number of aryl methyl sites for hydroxylation is 1. The molecule has 4 amide bonds. The summed E-state index contributed by atoms with van der Waals surface area (Å²) in [5.74, 6) is -1.13. The van der Waals surface area contributed by atoms with Crippen molar-refractivity contribution in [3.63, 3.8) is 0 Å². The molecule has 1 saturated heterocycles. The number of halogens is 2. The first-order valence-corrected chi connectivity index (χ1v) is 12.0. The number of amides is 4. The van der Waals surface area contributed by atoms with Gasteiger partial charge in [-0.15, -0.1) is 0 Å². The van der Waals surface area contributed by atoms with Crippen molar-refractivity contribution < 1.29 is 14.4 Å². The summed E-state index contributed by atoms with van der Waals surface area (Å²) in [6, 6.07) is 7.77. The van der Waals surface area contributed by atoms with Crippen molar-refractivity contribution in [2.24, 2.45) is 0 Å². The number of imide groups is 2. The van der Waals surface area contributed by atoms with Crippen molar-refractivity contribution in [3.05, 3.63) is 62.6 Å². The fourth-order valence-electron chi connectivity index (χ4n) is 5.08. The molecule has 8 heteroatoms. The largest absolute Gasteiger partial charge is 0.366 e. The number of anilines is 2. The quantitative estimate of drug-likeness (QED) is 0.410. The second-order valence-corrected chi connectivity index (χ2v) is 10.3. The Morgan fingerprint density at radius 2 is 1.82 bits per heavy atom. The standard InChI is InChI=1S/C26H27Cl2N3O3/c1-6-30-22-9-14(2)16(10-18(22)15(3)13-26(30,4)5)11-19-23(32)29-25(34)31(24(19)33)17-7-8-20(27)21(28)12-17/h7-12,15H,6,13H2,1-5H3,(H,29,32,34)/b19-11+. The molecule has 2 heterocycles. The Balaban J connectivity index is 1.78. The van der Waals surface area contributed by atoms with Crippen LogP contribution in [0.3, 0.4) is 0 Å². The van der Waals surface area contributed by atoms with E-state index in [0.29, 0.717) is 10.9 Å². The van der Waals surface area contributed by atoms with E-state index < -0.39 is 17.8 Å². The number of nitrogens with one attached hydrogen (secondary N) is 1. The molecule has 1 N–H and O–H groups in total. The summed E-state index contributed by atoms with van der Waals surface area (Å²) in [7, 11) is 0. The maximum absolute atomic E-state index is 13.3. The lowest BCUT2D eigenvalue weighted by atomic mass is 9.79. The van der Waals surface area contributed by atoms with Gasteiger partial charge in [-0.2, -0.15) is 0 Å². The number of urea groups is 1. The molecule has 2 aliphatic heterocycles. The number of hydrogen-bond acceptors (Lipinski definition) is 4. The molecule has 0 spiro atoms. The van der Waals surface area contributed by atoms with Gasteiger partial charge < -0.3 is 4.90 Å². The Morgan fingerprint density at radius 1 is 1.12 bits per heavy atom. The third-order valence-corrected chi connectivity index (χ3v) is 7.39. The van der Waals surface area contributed by atoms with Crippen LogP contribution in [-0.4, -0.2) is 29.9 Å². The molecule has 34 heavy (non-hydrogen) atoms. The maximum atomic E-state index is 13.3. The Morgan fingerprint density at radius 3 is 2.47 bits per heavy atom. The van der Waals surface area contributed by atoms with E-state index in [1.54, 1.807) is 6.08 Å². The fourth-order valence-corrected chi connectivity index (χ4v) is 5.37. The lowest BCUT2D eigenvalue weighted by Crippen LogP contribution is -2.54. The van der Waals surface area contributed by atoms with Crippen LogP contribution in [0.1, 0.15) is 56.7 Å². The van der Waals surface area contributed by atoms with Gasteiger partial charge in [0.15, 0.2) is 0 Å². The van der Waals surface area contributed by atoms with Crippen molar-refractivity contribution in [2.45, 2.75) is 52.5 Å². The Bertz CT molecular complexity index is 1250. The highest BCUT2D eigenvalue weighted by molar-refractivity contribution is 6.43. The number of nitrogens with zero attached hydrogens (tertiary/aromatic N) is 2. The zero-order valence-corrected chi connectivity index (χ0v) is 21.3. The van der Waals surface area contributed by atoms with Gasteiger partial charge in [0, 0.05) is 17.8 Å². The lowest BCUT2D eigenvalue weighted by Gasteiger charge is -2.47. The van der Waals surface area contributed by atoms with E-state index in [4.69, 9.17) is 23.2 Å². The molecular weight excluding hydrogens is 473 g/mol. The molecule has 0 radical (unpaired) electrons. The Labute approximate surface area is 209 Å². The van der Waals surface area contributed by atoms with Crippen LogP contribution in [0.15, 0.2) is 35.9 Å². The minimum atomic E-state index is -0.831. The van der Waals surface area contributed by atoms with Gasteiger partial charge in [-0.3, -0.25) is 14.9 Å². The van der Waals surface area contributed by atoms with Crippen LogP contribution < -0.4 is 15.1 Å². The number of hydrogen-bond donors (Lipinski definition) is 1. The van der Waals surface area contributed by atoms with Crippen LogP contribution >= 0.6 is 23.2 Å². The summed E-state index contributed by atoms with van der Waals surface area (Å²) >= 11 is 12.1. The first-order chi connectivity index (χ1) is 15.9. The first kappa shape index (κ1) is 24.3. The number of carbonyl (C=O) groups is 3. The minimum Gasteiger partial charge on any atom is -0.366 e. The van der Waals surface area contributed by atoms with E-state index in [2.05, 4.69) is 50.0 Å². The summed E-state index contributed by atoms with van der Waals surface area (Å²) in [5.41, 5.74) is 4.21. The summed E-state index contributed by atoms with van der Waals surface area (Å²) < 4.78 is 0. The lowest BCUT2D eigenvalue weighted by molar-refractivity contribution is -0.122. The number of benzene rings is 2. The van der Waals surface area contributed by atoms with Crippen molar-refractivity contribution in [1.82, 2.24) is 5.32 Å². The molecular formula is C26H27Cl2N3O3. The fraction of sp³-hybridized carbons (Fsp3) is 0.346. The smallest absolute Gasteiger partial charge is 0.335 e. The molecule has 2 aromatic rings. The summed E-state index contributed by atoms with van der Waals surface area (Å²) in [6.45, 7) is 11.7. The summed E-state index contributed by atoms with van der Waals surface area (Å²) in [5, 5.41) is 2.75. The van der Waals surface area contributed by atoms with Gasteiger partial charge in [0.2, 0.25) is 0 Å². The van der Waals surface area contributed by atoms with Crippen molar-refractivity contribution in [1.29, 1.82) is 0 Å². The maximum Gasteiger partial charge on any atom is 0.335 e. The van der Waals surface area contributed by atoms with Gasteiger partial charge in [0.25, 0.3) is 11.8 Å². The number of carbonyl (C=O) groups excluding carboxylic acids is 3. The average molecular weight is 500 g/mol. The van der Waals surface area contributed by atoms with Crippen LogP contribution in [0.5, 0.6) is 0 Å². The zero-order valence-electron chi connectivity index (χ0n) is 19.8. The highest BCUT2D eigenvalue weighted by Crippen LogP contribution is 2.44. The third kappa shape index (κ3) is 4.10. The topological polar surface area (TPSA) is 69.7 Å². The molecule has 2 aliphatic rings. The number of fused-ring (bicyclic) bond motifs is 1. The first-order valence-electron chi connectivity index (χ1n) is 11.2. The highest BCUT2D eigenvalue weighted by Gasteiger charge is 2.38. The van der Waals surface area contributed by atoms with E-state index >= 15 is 0 Å². The van der Waals surface area contributed by atoms with E-state index in [9.17, 15) is 14.4 Å². The molecule has 1 unspecified atom stereocenters. The van der Waals surface area contributed by atoms with Crippen molar-refractivity contribution in [3.8, 4) is 0 Å². The molecule has 4 rings (SSSR count). The van der Waals surface area contributed by atoms with Gasteiger partial charge >= 0.3 is 6.03 Å². The molecule has 0 aromatic heterocycles. The number of rotatable bonds is 3. The second kappa shape index (κ2) is 8.75. The Kier molecular flexibility index (Phi) is 6.25. The van der Waals surface area contributed by atoms with Crippen molar-refractivity contribution >= 4 is 58.5 Å². The van der Waals surface area contributed by atoms with Crippen LogP contribution in [-0.2, 0) is 9.59 Å². The molecule has 1 fully saturated rings. The highest BCUT2D eigenvalue weighted by atomic mass is 35.5. The van der Waals surface area contributed by atoms with Crippen LogP contribution in [0.25, 0.3) is 6.08 Å². The second-order valence-electron chi connectivity index (χ2n) is 9.49. The van der Waals surface area contributed by atoms with Crippen LogP contribution in [0.2, 0.25) is 10.0 Å². The molecule has 1 atom stereocenters. The van der Waals surface area contributed by atoms with E-state index in [1.807, 2.05) is 6.92 Å². The van der Waals surface area contributed by atoms with Gasteiger partial charge in [-0.05, 0) is 93.1 Å². The molecule has 0 saturated carbocycles. The van der Waals surface area contributed by atoms with Gasteiger partial charge in [-0.1, -0.05) is 30.1 Å². The van der Waals surface area contributed by atoms with Gasteiger partial charge in [0.05, 0.1) is 15.7 Å². The average Bonchev–Trinajstić information content (AvgIpc) is 2.73. The molecule has 0 bridgehead atoms. The molecule has 2 aromatic carbocycles. The summed E-state index contributed by atoms with van der Waals surface area (Å²) in [4.78, 5) is 41.7. The predicted molar refractivity (Wildman–Crippen MR) is 137 cm³/mol. The molecule has 0 aliphatic carbocycles. The van der Waals surface area contributed by atoms with E-state index in [0.717, 1.165) is 29.0 Å².